The van der Waals surface area contributed by atoms with Crippen molar-refractivity contribution in [3.63, 3.8) is 0 Å². The van der Waals surface area contributed by atoms with Crippen molar-refractivity contribution in [1.29, 1.82) is 0 Å². The molecule has 27 heavy (non-hydrogen) atoms. The van der Waals surface area contributed by atoms with Gasteiger partial charge in [0.2, 0.25) is 11.8 Å². The first-order valence-corrected chi connectivity index (χ1v) is 10.4. The average molecular weight is 386 g/mol. The molecule has 0 bridgehead atoms. The summed E-state index contributed by atoms with van der Waals surface area (Å²) in [5.74, 6) is -1.67. The van der Waals surface area contributed by atoms with Gasteiger partial charge in [-0.25, -0.2) is 8.42 Å². The van der Waals surface area contributed by atoms with Crippen LogP contribution in [0.5, 0.6) is 0 Å². The van der Waals surface area contributed by atoms with Gasteiger partial charge >= 0.3 is 0 Å². The lowest BCUT2D eigenvalue weighted by atomic mass is 10.0. The van der Waals surface area contributed by atoms with E-state index in [1.54, 1.807) is 6.26 Å². The maximum absolute atomic E-state index is 12.3. The lowest BCUT2D eigenvalue weighted by molar-refractivity contribution is -0.130. The van der Waals surface area contributed by atoms with Crippen LogP contribution in [0.4, 0.5) is 0 Å². The van der Waals surface area contributed by atoms with E-state index in [2.05, 4.69) is 10.9 Å². The molecule has 8 heteroatoms. The minimum Gasteiger partial charge on any atom is -0.464 e. The van der Waals surface area contributed by atoms with Gasteiger partial charge in [-0.05, 0) is 23.3 Å². The second-order valence-corrected chi connectivity index (χ2v) is 8.96. The number of hydrazine groups is 1. The van der Waals surface area contributed by atoms with E-state index in [9.17, 15) is 18.0 Å². The van der Waals surface area contributed by atoms with E-state index in [0.29, 0.717) is 5.58 Å². The number of rotatable bonds is 3. The minimum atomic E-state index is -3.15. The van der Waals surface area contributed by atoms with Crippen LogP contribution in [0.2, 0.25) is 0 Å². The number of hydrogen-bond donors (Lipinski definition) is 2. The quantitative estimate of drug-likeness (QED) is 0.667. The van der Waals surface area contributed by atoms with Crippen molar-refractivity contribution in [3.05, 3.63) is 48.2 Å². The number of furan rings is 1. The predicted molar refractivity (Wildman–Crippen MR) is 100 cm³/mol. The van der Waals surface area contributed by atoms with Crippen LogP contribution in [-0.4, -0.2) is 31.7 Å². The molecule has 1 aliphatic heterocycles. The number of sulfone groups is 1. The summed E-state index contributed by atoms with van der Waals surface area (Å²) in [5, 5.41) is 2.91. The summed E-state index contributed by atoms with van der Waals surface area (Å²) in [6, 6.07) is 11.6. The molecular formula is C19H18N2O5S. The third-order valence-corrected chi connectivity index (χ3v) is 6.59. The zero-order valence-electron chi connectivity index (χ0n) is 14.4. The van der Waals surface area contributed by atoms with Gasteiger partial charge in [0.25, 0.3) is 0 Å². The second-order valence-electron chi connectivity index (χ2n) is 6.73. The third kappa shape index (κ3) is 3.52. The number of hydrogen-bond acceptors (Lipinski definition) is 5. The van der Waals surface area contributed by atoms with E-state index in [1.807, 2.05) is 36.4 Å². The van der Waals surface area contributed by atoms with Gasteiger partial charge in [-0.2, -0.15) is 0 Å². The summed E-state index contributed by atoms with van der Waals surface area (Å²) >= 11 is 0. The van der Waals surface area contributed by atoms with Gasteiger partial charge in [0.05, 0.1) is 30.1 Å². The molecule has 4 rings (SSSR count). The number of amides is 2. The van der Waals surface area contributed by atoms with Crippen molar-refractivity contribution in [1.82, 2.24) is 10.9 Å². The highest BCUT2D eigenvalue weighted by atomic mass is 32.2. The van der Waals surface area contributed by atoms with Crippen LogP contribution in [0.1, 0.15) is 12.0 Å². The summed E-state index contributed by atoms with van der Waals surface area (Å²) < 4.78 is 28.5. The Morgan fingerprint density at radius 3 is 2.70 bits per heavy atom. The molecule has 0 aliphatic carbocycles. The number of benzene rings is 2. The summed E-state index contributed by atoms with van der Waals surface area (Å²) in [6.07, 6.45) is 1.86. The molecule has 1 aliphatic rings. The number of fused-ring (bicyclic) bond motifs is 3. The zero-order chi connectivity index (χ0) is 19.0. The largest absolute Gasteiger partial charge is 0.464 e. The summed E-state index contributed by atoms with van der Waals surface area (Å²) in [7, 11) is -3.15. The fraction of sp³-hybridized carbons (Fsp3) is 0.263. The van der Waals surface area contributed by atoms with Crippen LogP contribution in [0.15, 0.2) is 47.1 Å². The Hall–Kier alpha value is -2.87. The van der Waals surface area contributed by atoms with Crippen LogP contribution in [-0.2, 0) is 25.8 Å². The van der Waals surface area contributed by atoms with Crippen molar-refractivity contribution < 1.29 is 22.4 Å². The van der Waals surface area contributed by atoms with Crippen LogP contribution < -0.4 is 10.9 Å². The van der Waals surface area contributed by atoms with E-state index in [-0.39, 0.29) is 24.3 Å². The summed E-state index contributed by atoms with van der Waals surface area (Å²) in [5.41, 5.74) is 6.10. The van der Waals surface area contributed by atoms with Crippen molar-refractivity contribution in [3.8, 4) is 0 Å². The summed E-state index contributed by atoms with van der Waals surface area (Å²) in [6.45, 7) is 0. The highest BCUT2D eigenvalue weighted by Gasteiger charge is 2.33. The van der Waals surface area contributed by atoms with Gasteiger partial charge in [-0.3, -0.25) is 20.4 Å². The SMILES string of the molecule is O=C(Cc1coc2ccc3ccccc3c12)NNC(=O)[C@H]1CCS(=O)(=O)C1. The first-order valence-electron chi connectivity index (χ1n) is 8.60. The molecule has 1 atom stereocenters. The van der Waals surface area contributed by atoms with Gasteiger partial charge in [0.1, 0.15) is 5.58 Å². The Balaban J connectivity index is 1.46. The van der Waals surface area contributed by atoms with Gasteiger partial charge in [-0.1, -0.05) is 30.3 Å². The molecule has 2 N–H and O–H groups in total. The average Bonchev–Trinajstić information content (AvgIpc) is 3.23. The fourth-order valence-corrected chi connectivity index (χ4v) is 5.20. The molecule has 0 unspecified atom stereocenters. The molecular weight excluding hydrogens is 368 g/mol. The number of carbonyl (C=O) groups is 2. The van der Waals surface area contributed by atoms with Crippen LogP contribution in [0.3, 0.4) is 0 Å². The van der Waals surface area contributed by atoms with E-state index >= 15 is 0 Å². The molecule has 2 aromatic carbocycles. The molecule has 0 radical (unpaired) electrons. The fourth-order valence-electron chi connectivity index (χ4n) is 3.46. The normalized spacial score (nSPS) is 18.6. The van der Waals surface area contributed by atoms with E-state index in [1.165, 1.54) is 0 Å². The topological polar surface area (TPSA) is 105 Å². The Morgan fingerprint density at radius 2 is 1.93 bits per heavy atom. The first-order chi connectivity index (χ1) is 12.9. The summed E-state index contributed by atoms with van der Waals surface area (Å²) in [4.78, 5) is 24.3. The van der Waals surface area contributed by atoms with E-state index in [0.717, 1.165) is 21.7 Å². The van der Waals surface area contributed by atoms with E-state index < -0.39 is 27.6 Å². The molecule has 0 saturated carbocycles. The van der Waals surface area contributed by atoms with Crippen LogP contribution in [0, 0.1) is 5.92 Å². The Morgan fingerprint density at radius 1 is 1.11 bits per heavy atom. The maximum atomic E-state index is 12.3. The molecule has 0 spiro atoms. The van der Waals surface area contributed by atoms with Gasteiger partial charge in [-0.15, -0.1) is 0 Å². The van der Waals surface area contributed by atoms with Crippen molar-refractivity contribution in [2.45, 2.75) is 12.8 Å². The lowest BCUT2D eigenvalue weighted by Gasteiger charge is -2.10. The molecule has 1 aromatic heterocycles. The second kappa shape index (κ2) is 6.70. The molecule has 2 amide bonds. The predicted octanol–water partition coefficient (Wildman–Crippen LogP) is 1.71. The highest BCUT2D eigenvalue weighted by molar-refractivity contribution is 7.91. The molecule has 2 heterocycles. The number of carbonyl (C=O) groups excluding carboxylic acids is 2. The Bertz CT molecular complexity index is 1150. The number of nitrogens with one attached hydrogen (secondary N) is 2. The van der Waals surface area contributed by atoms with Gasteiger partial charge < -0.3 is 4.42 Å². The lowest BCUT2D eigenvalue weighted by Crippen LogP contribution is -2.45. The molecule has 3 aromatic rings. The van der Waals surface area contributed by atoms with Gasteiger partial charge in [0.15, 0.2) is 9.84 Å². The van der Waals surface area contributed by atoms with Crippen molar-refractivity contribution in [2.24, 2.45) is 5.92 Å². The monoisotopic (exact) mass is 386 g/mol. The Kier molecular flexibility index (Phi) is 4.35. The standard InChI is InChI=1S/C19H18N2O5S/c22-17(20-21-19(23)13-7-8-27(24,25)11-13)9-14-10-26-16-6-5-12-3-1-2-4-15(12)18(14)16/h1-6,10,13H,7-9,11H2,(H,20,22)(H,21,23)/t13-/m0/s1. The molecule has 1 fully saturated rings. The molecule has 1 saturated heterocycles. The van der Waals surface area contributed by atoms with Crippen LogP contribution in [0.25, 0.3) is 21.7 Å². The van der Waals surface area contributed by atoms with Gasteiger partial charge in [0, 0.05) is 10.9 Å². The molecule has 140 valence electrons. The van der Waals surface area contributed by atoms with Crippen molar-refractivity contribution >= 4 is 43.4 Å². The smallest absolute Gasteiger partial charge is 0.242 e. The molecule has 7 nitrogen and oxygen atoms in total. The van der Waals surface area contributed by atoms with Crippen LogP contribution >= 0.6 is 0 Å². The minimum absolute atomic E-state index is 0.00706. The zero-order valence-corrected chi connectivity index (χ0v) is 15.2. The first kappa shape index (κ1) is 17.5. The Labute approximate surface area is 155 Å². The van der Waals surface area contributed by atoms with E-state index in [4.69, 9.17) is 4.42 Å². The maximum Gasteiger partial charge on any atom is 0.242 e. The van der Waals surface area contributed by atoms with Crippen molar-refractivity contribution in [2.75, 3.05) is 11.5 Å². The third-order valence-electron chi connectivity index (χ3n) is 4.82. The highest BCUT2D eigenvalue weighted by Crippen LogP contribution is 2.30.